The fraction of sp³-hybridized carbons (Fsp3) is 1.00. The second-order valence-corrected chi connectivity index (χ2v) is 10.3. The van der Waals surface area contributed by atoms with Gasteiger partial charge in [-0.15, -0.1) is 23.2 Å². The molecule has 0 nitrogen and oxygen atoms in total. The number of rotatable bonds is 2. The van der Waals surface area contributed by atoms with E-state index in [1.807, 2.05) is 0 Å². The topological polar surface area (TPSA) is 0 Å². The number of hydrogen-bond donors (Lipinski definition) is 0. The number of hydrogen-bond acceptors (Lipinski definition) is 0. The molecular formula is C8H16Cl2Si. The summed E-state index contributed by atoms with van der Waals surface area (Å²) in [6, 6.07) is 4.00. The van der Waals surface area contributed by atoms with Crippen LogP contribution in [0.2, 0.25) is 24.7 Å². The van der Waals surface area contributed by atoms with E-state index in [1.165, 1.54) is 31.4 Å². The van der Waals surface area contributed by atoms with E-state index in [0.717, 1.165) is 6.04 Å². The highest BCUT2D eigenvalue weighted by Crippen LogP contribution is 2.34. The lowest BCUT2D eigenvalue weighted by Crippen LogP contribution is -2.33. The summed E-state index contributed by atoms with van der Waals surface area (Å²) in [5.74, 6) is 0. The van der Waals surface area contributed by atoms with Crippen molar-refractivity contribution in [3.8, 4) is 0 Å². The molecule has 0 spiro atoms. The first-order valence-corrected chi connectivity index (χ1v) is 8.40. The minimum Gasteiger partial charge on any atom is -0.106 e. The number of halogens is 2. The second kappa shape index (κ2) is 4.15. The molecule has 1 saturated heterocycles. The summed E-state index contributed by atoms with van der Waals surface area (Å²) in [7, 11) is -0.964. The van der Waals surface area contributed by atoms with Gasteiger partial charge in [0.25, 0.3) is 0 Å². The predicted molar refractivity (Wildman–Crippen MR) is 55.4 cm³/mol. The summed E-state index contributed by atoms with van der Waals surface area (Å²) < 4.78 is 0. The van der Waals surface area contributed by atoms with Crippen molar-refractivity contribution in [2.45, 2.75) is 48.8 Å². The fourth-order valence-corrected chi connectivity index (χ4v) is 7.83. The van der Waals surface area contributed by atoms with Gasteiger partial charge in [-0.05, 0) is 6.04 Å². The predicted octanol–water partition coefficient (Wildman–Crippen LogP) is 4.05. The molecule has 0 aromatic rings. The zero-order valence-corrected chi connectivity index (χ0v) is 9.59. The molecular weight excluding hydrogens is 195 g/mol. The molecule has 0 aliphatic carbocycles. The van der Waals surface area contributed by atoms with Crippen molar-refractivity contribution in [2.24, 2.45) is 0 Å². The molecule has 0 N–H and O–H groups in total. The lowest BCUT2D eigenvalue weighted by Gasteiger charge is -2.31. The minimum absolute atomic E-state index is 0.107. The van der Waals surface area contributed by atoms with E-state index in [9.17, 15) is 0 Å². The molecule has 0 saturated carbocycles. The van der Waals surface area contributed by atoms with E-state index in [-0.39, 0.29) is 4.84 Å². The van der Waals surface area contributed by atoms with Crippen LogP contribution in [0.25, 0.3) is 0 Å². The highest BCUT2D eigenvalue weighted by atomic mass is 35.5. The van der Waals surface area contributed by atoms with Crippen LogP contribution in [0.15, 0.2) is 0 Å². The summed E-state index contributed by atoms with van der Waals surface area (Å²) in [5, 5.41) is 0. The van der Waals surface area contributed by atoms with E-state index in [4.69, 9.17) is 23.2 Å². The first-order chi connectivity index (χ1) is 5.12. The summed E-state index contributed by atoms with van der Waals surface area (Å²) >= 11 is 11.6. The zero-order valence-electron chi connectivity index (χ0n) is 7.08. The molecule has 0 aromatic carbocycles. The van der Waals surface area contributed by atoms with Crippen molar-refractivity contribution >= 4 is 31.3 Å². The van der Waals surface area contributed by atoms with Crippen molar-refractivity contribution in [3.05, 3.63) is 0 Å². The van der Waals surface area contributed by atoms with Gasteiger partial charge in [-0.3, -0.25) is 0 Å². The van der Waals surface area contributed by atoms with Gasteiger partial charge in [-0.1, -0.05) is 37.9 Å². The molecule has 66 valence electrons. The summed E-state index contributed by atoms with van der Waals surface area (Å²) in [6.07, 6.45) is 4.27. The van der Waals surface area contributed by atoms with Gasteiger partial charge in [0.1, 0.15) is 4.84 Å². The van der Waals surface area contributed by atoms with E-state index < -0.39 is 8.07 Å². The van der Waals surface area contributed by atoms with Crippen molar-refractivity contribution < 1.29 is 0 Å². The standard InChI is InChI=1S/C8H16Cl2Si/c1-11(7-8(9)10)5-3-2-4-6-11/h8H,2-7H2,1H3. The Morgan fingerprint density at radius 1 is 1.18 bits per heavy atom. The van der Waals surface area contributed by atoms with Gasteiger partial charge >= 0.3 is 0 Å². The third kappa shape index (κ3) is 3.35. The van der Waals surface area contributed by atoms with Gasteiger partial charge in [-0.2, -0.15) is 0 Å². The Morgan fingerprint density at radius 2 is 1.73 bits per heavy atom. The molecule has 0 amide bonds. The Balaban J connectivity index is 2.37. The Bertz CT molecular complexity index is 119. The van der Waals surface area contributed by atoms with Crippen LogP contribution in [-0.4, -0.2) is 12.9 Å². The van der Waals surface area contributed by atoms with Crippen LogP contribution in [0.5, 0.6) is 0 Å². The Kier molecular flexibility index (Phi) is 3.73. The van der Waals surface area contributed by atoms with Crippen molar-refractivity contribution in [2.75, 3.05) is 0 Å². The lowest BCUT2D eigenvalue weighted by atomic mass is 10.3. The molecule has 1 fully saturated rings. The molecule has 3 heteroatoms. The fourth-order valence-electron chi connectivity index (χ4n) is 1.98. The Labute approximate surface area is 80.3 Å². The summed E-state index contributed by atoms with van der Waals surface area (Å²) in [4.78, 5) is -0.107. The smallest absolute Gasteiger partial charge is 0.105 e. The molecule has 1 aliphatic rings. The lowest BCUT2D eigenvalue weighted by molar-refractivity contribution is 0.707. The zero-order chi connectivity index (χ0) is 8.32. The average Bonchev–Trinajstić information content (AvgIpc) is 1.85. The molecule has 0 bridgehead atoms. The van der Waals surface area contributed by atoms with Crippen LogP contribution in [0, 0.1) is 0 Å². The quantitative estimate of drug-likeness (QED) is 0.477. The van der Waals surface area contributed by atoms with E-state index in [2.05, 4.69) is 6.55 Å². The van der Waals surface area contributed by atoms with E-state index in [0.29, 0.717) is 0 Å². The van der Waals surface area contributed by atoms with Gasteiger partial charge in [0.2, 0.25) is 0 Å². The maximum Gasteiger partial charge on any atom is 0.105 e. The molecule has 0 atom stereocenters. The van der Waals surface area contributed by atoms with E-state index in [1.54, 1.807) is 0 Å². The third-order valence-electron chi connectivity index (χ3n) is 2.71. The second-order valence-electron chi connectivity index (χ2n) is 3.97. The first-order valence-electron chi connectivity index (χ1n) is 4.41. The molecule has 0 unspecified atom stereocenters. The minimum atomic E-state index is -0.964. The van der Waals surface area contributed by atoms with Crippen LogP contribution in [0.1, 0.15) is 19.3 Å². The Hall–Kier alpha value is 0.797. The third-order valence-corrected chi connectivity index (χ3v) is 8.05. The molecule has 1 aliphatic heterocycles. The van der Waals surface area contributed by atoms with Gasteiger partial charge in [0.15, 0.2) is 0 Å². The largest absolute Gasteiger partial charge is 0.106 e. The average molecular weight is 211 g/mol. The summed E-state index contributed by atoms with van der Waals surface area (Å²) in [5.41, 5.74) is 0. The van der Waals surface area contributed by atoms with E-state index >= 15 is 0 Å². The maximum absolute atomic E-state index is 5.80. The van der Waals surface area contributed by atoms with Gasteiger partial charge in [0, 0.05) is 0 Å². The molecule has 1 rings (SSSR count). The van der Waals surface area contributed by atoms with Crippen molar-refractivity contribution in [1.82, 2.24) is 0 Å². The van der Waals surface area contributed by atoms with Crippen LogP contribution >= 0.6 is 23.2 Å². The van der Waals surface area contributed by atoms with Crippen molar-refractivity contribution in [3.63, 3.8) is 0 Å². The monoisotopic (exact) mass is 210 g/mol. The van der Waals surface area contributed by atoms with Crippen LogP contribution < -0.4 is 0 Å². The highest BCUT2D eigenvalue weighted by Gasteiger charge is 2.30. The van der Waals surface area contributed by atoms with Crippen molar-refractivity contribution in [1.29, 1.82) is 0 Å². The van der Waals surface area contributed by atoms with Crippen LogP contribution in [-0.2, 0) is 0 Å². The SMILES string of the molecule is C[Si]1(CC(Cl)Cl)CCCCC1. The highest BCUT2D eigenvalue weighted by molar-refractivity contribution is 6.80. The normalized spacial score (nSPS) is 24.0. The van der Waals surface area contributed by atoms with Crippen LogP contribution in [0.3, 0.4) is 0 Å². The molecule has 1 heterocycles. The molecule has 0 aromatic heterocycles. The van der Waals surface area contributed by atoms with Gasteiger partial charge in [-0.25, -0.2) is 0 Å². The Morgan fingerprint density at radius 3 is 2.18 bits per heavy atom. The number of alkyl halides is 2. The van der Waals surface area contributed by atoms with Gasteiger partial charge in [0.05, 0.1) is 8.07 Å². The first kappa shape index (κ1) is 9.88. The summed E-state index contributed by atoms with van der Waals surface area (Å²) in [6.45, 7) is 2.45. The maximum atomic E-state index is 5.80. The molecule has 11 heavy (non-hydrogen) atoms. The van der Waals surface area contributed by atoms with Gasteiger partial charge < -0.3 is 0 Å². The molecule has 0 radical (unpaired) electrons. The van der Waals surface area contributed by atoms with Crippen LogP contribution in [0.4, 0.5) is 0 Å².